The molecule has 1 rings (SSSR count). The Balaban J connectivity index is 0.00000484. The zero-order chi connectivity index (χ0) is 16.4. The Morgan fingerprint density at radius 1 is 1.26 bits per heavy atom. The summed E-state index contributed by atoms with van der Waals surface area (Å²) in [4.78, 5) is 8.84. The first-order valence-corrected chi connectivity index (χ1v) is 8.16. The highest BCUT2D eigenvalue weighted by atomic mass is 127. The van der Waals surface area contributed by atoms with Crippen LogP contribution in [-0.2, 0) is 6.54 Å². The van der Waals surface area contributed by atoms with Crippen LogP contribution in [0.5, 0.6) is 0 Å². The summed E-state index contributed by atoms with van der Waals surface area (Å²) in [6.45, 7) is 10.3. The van der Waals surface area contributed by atoms with Crippen molar-refractivity contribution in [2.75, 3.05) is 19.7 Å². The number of aryl methyl sites for hydroxylation is 2. The molecule has 6 nitrogen and oxygen atoms in total. The molecule has 1 unspecified atom stereocenters. The average molecular weight is 438 g/mol. The summed E-state index contributed by atoms with van der Waals surface area (Å²) >= 11 is 0. The highest BCUT2D eigenvalue weighted by Crippen LogP contribution is 2.10. The second kappa shape index (κ2) is 12.6. The van der Waals surface area contributed by atoms with Gasteiger partial charge < -0.3 is 20.2 Å². The highest BCUT2D eigenvalue weighted by molar-refractivity contribution is 14.0. The van der Waals surface area contributed by atoms with E-state index in [1.54, 1.807) is 0 Å². The lowest BCUT2D eigenvalue weighted by Crippen LogP contribution is -2.40. The molecule has 0 radical (unpaired) electrons. The van der Waals surface area contributed by atoms with Gasteiger partial charge in [0.15, 0.2) is 5.96 Å². The van der Waals surface area contributed by atoms with Gasteiger partial charge in [-0.2, -0.15) is 0 Å². The van der Waals surface area contributed by atoms with Gasteiger partial charge in [-0.05, 0) is 39.5 Å². The van der Waals surface area contributed by atoms with Crippen molar-refractivity contribution in [2.45, 2.75) is 53.5 Å². The van der Waals surface area contributed by atoms with E-state index in [0.29, 0.717) is 18.4 Å². The maximum atomic E-state index is 9.12. The third-order valence-electron chi connectivity index (χ3n) is 3.58. The van der Waals surface area contributed by atoms with Crippen LogP contribution in [0.4, 0.5) is 0 Å². The van der Waals surface area contributed by atoms with E-state index >= 15 is 0 Å². The molecule has 1 aromatic rings. The molecule has 0 fully saturated rings. The topological polar surface area (TPSA) is 82.7 Å². The van der Waals surface area contributed by atoms with Gasteiger partial charge in [0.2, 0.25) is 5.89 Å². The number of oxazole rings is 1. The van der Waals surface area contributed by atoms with E-state index in [1.165, 1.54) is 0 Å². The second-order valence-electron chi connectivity index (χ2n) is 5.49. The van der Waals surface area contributed by atoms with Crippen molar-refractivity contribution in [3.63, 3.8) is 0 Å². The molecule has 23 heavy (non-hydrogen) atoms. The van der Waals surface area contributed by atoms with Crippen LogP contribution in [0, 0.1) is 19.8 Å². The molecule has 0 bridgehead atoms. The first-order chi connectivity index (χ1) is 10.6. The quantitative estimate of drug-likeness (QED) is 0.314. The van der Waals surface area contributed by atoms with Crippen molar-refractivity contribution >= 4 is 29.9 Å². The normalized spacial score (nSPS) is 12.7. The zero-order valence-electron chi connectivity index (χ0n) is 14.7. The summed E-state index contributed by atoms with van der Waals surface area (Å²) in [6.07, 6.45) is 3.04. The lowest BCUT2D eigenvalue weighted by molar-refractivity contribution is 0.251. The Labute approximate surface area is 156 Å². The smallest absolute Gasteiger partial charge is 0.216 e. The van der Waals surface area contributed by atoms with Crippen LogP contribution in [0.25, 0.3) is 0 Å². The lowest BCUT2D eigenvalue weighted by Gasteiger charge is -2.18. The number of aliphatic hydroxyl groups is 1. The molecule has 1 heterocycles. The number of hydrogen-bond acceptors (Lipinski definition) is 4. The summed E-state index contributed by atoms with van der Waals surface area (Å²) in [5, 5.41) is 15.7. The molecule has 134 valence electrons. The first-order valence-electron chi connectivity index (χ1n) is 8.16. The molecule has 0 spiro atoms. The molecular formula is C16H31IN4O2. The molecule has 0 aromatic carbocycles. The van der Waals surface area contributed by atoms with Crippen molar-refractivity contribution in [3.05, 3.63) is 17.3 Å². The number of rotatable bonds is 9. The zero-order valence-corrected chi connectivity index (χ0v) is 17.0. The molecule has 3 N–H and O–H groups in total. The second-order valence-corrected chi connectivity index (χ2v) is 5.49. The number of guanidine groups is 1. The van der Waals surface area contributed by atoms with Gasteiger partial charge in [-0.1, -0.05) is 13.3 Å². The van der Waals surface area contributed by atoms with Crippen LogP contribution in [-0.4, -0.2) is 35.7 Å². The highest BCUT2D eigenvalue weighted by Gasteiger charge is 2.09. The predicted octanol–water partition coefficient (Wildman–Crippen LogP) is 2.76. The largest absolute Gasteiger partial charge is 0.444 e. The van der Waals surface area contributed by atoms with E-state index in [1.807, 2.05) is 20.8 Å². The Bertz CT molecular complexity index is 437. The summed E-state index contributed by atoms with van der Waals surface area (Å²) in [5.74, 6) is 2.70. The van der Waals surface area contributed by atoms with Crippen LogP contribution in [0.3, 0.4) is 0 Å². The molecule has 0 aliphatic rings. The van der Waals surface area contributed by atoms with Crippen LogP contribution < -0.4 is 10.6 Å². The van der Waals surface area contributed by atoms with E-state index in [-0.39, 0.29) is 30.6 Å². The fraction of sp³-hybridized carbons (Fsp3) is 0.750. The molecule has 7 heteroatoms. The van der Waals surface area contributed by atoms with E-state index in [9.17, 15) is 0 Å². The number of aromatic nitrogens is 1. The van der Waals surface area contributed by atoms with Crippen molar-refractivity contribution in [1.29, 1.82) is 0 Å². The first kappa shape index (κ1) is 22.2. The van der Waals surface area contributed by atoms with Crippen LogP contribution in [0.15, 0.2) is 9.41 Å². The number of hydrogen-bond donors (Lipinski definition) is 3. The molecule has 0 amide bonds. The monoisotopic (exact) mass is 438 g/mol. The van der Waals surface area contributed by atoms with Crippen LogP contribution in [0.1, 0.15) is 50.5 Å². The summed E-state index contributed by atoms with van der Waals surface area (Å²) in [6, 6.07) is 0. The molecule has 0 saturated carbocycles. The van der Waals surface area contributed by atoms with Crippen molar-refractivity contribution < 1.29 is 9.52 Å². The Morgan fingerprint density at radius 3 is 2.52 bits per heavy atom. The average Bonchev–Trinajstić information content (AvgIpc) is 2.81. The molecular weight excluding hydrogens is 407 g/mol. The fourth-order valence-electron chi connectivity index (χ4n) is 2.28. The van der Waals surface area contributed by atoms with E-state index in [2.05, 4.69) is 27.5 Å². The van der Waals surface area contributed by atoms with Gasteiger partial charge in [-0.3, -0.25) is 0 Å². The van der Waals surface area contributed by atoms with Gasteiger partial charge in [0.25, 0.3) is 0 Å². The minimum atomic E-state index is 0. The Kier molecular flexibility index (Phi) is 12.1. The van der Waals surface area contributed by atoms with Gasteiger partial charge in [0.1, 0.15) is 12.3 Å². The van der Waals surface area contributed by atoms with Gasteiger partial charge in [-0.25, -0.2) is 9.98 Å². The number of nitrogens with zero attached hydrogens (tertiary/aromatic N) is 2. The summed E-state index contributed by atoms with van der Waals surface area (Å²) in [7, 11) is 0. The van der Waals surface area contributed by atoms with Crippen molar-refractivity contribution in [2.24, 2.45) is 10.9 Å². The number of aliphatic hydroxyl groups excluding tert-OH is 1. The van der Waals surface area contributed by atoms with Crippen LogP contribution >= 0.6 is 24.0 Å². The number of aliphatic imine (C=N–C) groups is 1. The minimum Gasteiger partial charge on any atom is -0.444 e. The standard InChI is InChI=1S/C16H30N4O2.HI/c1-5-7-14(8-9-21)10-18-16(17-6-2)19-11-15-20-12(3)13(4)22-15;/h14,21H,5-11H2,1-4H3,(H2,17,18,19);1H. The molecule has 0 aliphatic heterocycles. The number of nitrogens with one attached hydrogen (secondary N) is 2. The van der Waals surface area contributed by atoms with Crippen molar-refractivity contribution in [1.82, 2.24) is 15.6 Å². The maximum absolute atomic E-state index is 9.12. The third-order valence-corrected chi connectivity index (χ3v) is 3.58. The predicted molar refractivity (Wildman–Crippen MR) is 104 cm³/mol. The lowest BCUT2D eigenvalue weighted by atomic mass is 10.0. The number of halogens is 1. The van der Waals surface area contributed by atoms with E-state index < -0.39 is 0 Å². The Morgan fingerprint density at radius 2 is 2.00 bits per heavy atom. The van der Waals surface area contributed by atoms with Gasteiger partial charge in [0, 0.05) is 19.7 Å². The fourth-order valence-corrected chi connectivity index (χ4v) is 2.28. The molecule has 0 saturated heterocycles. The van der Waals surface area contributed by atoms with E-state index in [4.69, 9.17) is 9.52 Å². The Hall–Kier alpha value is -0.830. The minimum absolute atomic E-state index is 0. The molecule has 1 atom stereocenters. The van der Waals surface area contributed by atoms with Crippen LogP contribution in [0.2, 0.25) is 0 Å². The third kappa shape index (κ3) is 8.55. The van der Waals surface area contributed by atoms with Crippen molar-refractivity contribution in [3.8, 4) is 0 Å². The van der Waals surface area contributed by atoms with Gasteiger partial charge in [-0.15, -0.1) is 24.0 Å². The summed E-state index contributed by atoms with van der Waals surface area (Å²) in [5.41, 5.74) is 0.911. The molecule has 1 aromatic heterocycles. The molecule has 0 aliphatic carbocycles. The maximum Gasteiger partial charge on any atom is 0.216 e. The van der Waals surface area contributed by atoms with Gasteiger partial charge in [0.05, 0.1) is 5.69 Å². The SMILES string of the molecule is CCCC(CCO)CNC(=NCc1nc(C)c(C)o1)NCC.I. The summed E-state index contributed by atoms with van der Waals surface area (Å²) < 4.78 is 5.54. The van der Waals surface area contributed by atoms with E-state index in [0.717, 1.165) is 49.8 Å². The van der Waals surface area contributed by atoms with Gasteiger partial charge >= 0.3 is 0 Å².